The van der Waals surface area contributed by atoms with Crippen LogP contribution >= 0.6 is 0 Å². The molecule has 1 fully saturated rings. The van der Waals surface area contributed by atoms with E-state index in [0.29, 0.717) is 5.69 Å². The summed E-state index contributed by atoms with van der Waals surface area (Å²) in [6.07, 6.45) is 1.12. The summed E-state index contributed by atoms with van der Waals surface area (Å²) in [4.78, 5) is 17.4. The minimum Gasteiger partial charge on any atom is -0.453 e. The standard InChI is InChI=1S/C11H15N3O3/c1-16-11(15)13-9-2-3-10(12-8-9)14-4-6-17-7-5-14/h2-3,8H,4-7H2,1H3,(H,13,15). The van der Waals surface area contributed by atoms with Crippen molar-refractivity contribution in [2.24, 2.45) is 0 Å². The number of hydrogen-bond donors (Lipinski definition) is 1. The average Bonchev–Trinajstić information content (AvgIpc) is 2.40. The molecule has 1 aliphatic rings. The highest BCUT2D eigenvalue weighted by atomic mass is 16.5. The fourth-order valence-electron chi connectivity index (χ4n) is 1.61. The van der Waals surface area contributed by atoms with Gasteiger partial charge >= 0.3 is 6.09 Å². The number of aromatic nitrogens is 1. The van der Waals surface area contributed by atoms with Gasteiger partial charge in [0.2, 0.25) is 0 Å². The summed E-state index contributed by atoms with van der Waals surface area (Å²) in [5, 5.41) is 2.55. The molecule has 0 spiro atoms. The third-order valence-corrected chi connectivity index (χ3v) is 2.51. The maximum atomic E-state index is 11.0. The minimum absolute atomic E-state index is 0.495. The summed E-state index contributed by atoms with van der Waals surface area (Å²) < 4.78 is 9.77. The van der Waals surface area contributed by atoms with Gasteiger partial charge in [-0.15, -0.1) is 0 Å². The molecule has 1 aromatic heterocycles. The van der Waals surface area contributed by atoms with Crippen molar-refractivity contribution in [1.29, 1.82) is 0 Å². The smallest absolute Gasteiger partial charge is 0.411 e. The van der Waals surface area contributed by atoms with Crippen LogP contribution in [0.15, 0.2) is 18.3 Å². The third-order valence-electron chi connectivity index (χ3n) is 2.51. The second-order valence-electron chi connectivity index (χ2n) is 3.62. The molecule has 92 valence electrons. The van der Waals surface area contributed by atoms with Gasteiger partial charge in [0.15, 0.2) is 0 Å². The topological polar surface area (TPSA) is 63.7 Å². The Kier molecular flexibility index (Phi) is 3.77. The number of nitrogens with one attached hydrogen (secondary N) is 1. The fourth-order valence-corrected chi connectivity index (χ4v) is 1.61. The second-order valence-corrected chi connectivity index (χ2v) is 3.62. The third kappa shape index (κ3) is 3.07. The Hall–Kier alpha value is -1.82. The number of ether oxygens (including phenoxy) is 2. The van der Waals surface area contributed by atoms with E-state index >= 15 is 0 Å². The number of carbonyl (C=O) groups excluding carboxylic acids is 1. The zero-order valence-electron chi connectivity index (χ0n) is 9.68. The molecule has 0 bridgehead atoms. The average molecular weight is 237 g/mol. The van der Waals surface area contributed by atoms with Crippen molar-refractivity contribution in [3.05, 3.63) is 18.3 Å². The Labute approximate surface area is 99.5 Å². The van der Waals surface area contributed by atoms with Crippen molar-refractivity contribution in [2.75, 3.05) is 43.6 Å². The predicted molar refractivity (Wildman–Crippen MR) is 63.3 cm³/mol. The summed E-state index contributed by atoms with van der Waals surface area (Å²) in [7, 11) is 1.32. The highest BCUT2D eigenvalue weighted by molar-refractivity contribution is 5.84. The molecule has 2 heterocycles. The molecule has 2 rings (SSSR count). The lowest BCUT2D eigenvalue weighted by Gasteiger charge is -2.27. The molecule has 0 unspecified atom stereocenters. The number of hydrogen-bond acceptors (Lipinski definition) is 5. The first-order valence-corrected chi connectivity index (χ1v) is 5.43. The van der Waals surface area contributed by atoms with Crippen molar-refractivity contribution >= 4 is 17.6 Å². The normalized spacial score (nSPS) is 15.5. The van der Waals surface area contributed by atoms with Crippen LogP contribution in [0.1, 0.15) is 0 Å². The Morgan fingerprint density at radius 1 is 1.47 bits per heavy atom. The van der Waals surface area contributed by atoms with E-state index in [0.717, 1.165) is 32.1 Å². The predicted octanol–water partition coefficient (Wildman–Crippen LogP) is 1.10. The molecule has 0 aliphatic carbocycles. The van der Waals surface area contributed by atoms with Crippen LogP contribution in [0, 0.1) is 0 Å². The number of anilines is 2. The van der Waals surface area contributed by atoms with Crippen molar-refractivity contribution in [1.82, 2.24) is 4.98 Å². The first-order valence-electron chi connectivity index (χ1n) is 5.43. The van der Waals surface area contributed by atoms with Gasteiger partial charge in [-0.05, 0) is 12.1 Å². The Balaban J connectivity index is 1.99. The summed E-state index contributed by atoms with van der Waals surface area (Å²) in [5.74, 6) is 0.892. The maximum absolute atomic E-state index is 11.0. The first-order chi connectivity index (χ1) is 8.29. The summed E-state index contributed by atoms with van der Waals surface area (Å²) in [6.45, 7) is 3.14. The Morgan fingerprint density at radius 3 is 2.82 bits per heavy atom. The van der Waals surface area contributed by atoms with E-state index in [4.69, 9.17) is 4.74 Å². The molecule has 1 aliphatic heterocycles. The Bertz CT molecular complexity index is 374. The molecule has 0 radical (unpaired) electrons. The lowest BCUT2D eigenvalue weighted by molar-refractivity contribution is 0.122. The molecule has 1 saturated heterocycles. The van der Waals surface area contributed by atoms with Crippen LogP contribution in [0.5, 0.6) is 0 Å². The van der Waals surface area contributed by atoms with Crippen molar-refractivity contribution in [3.63, 3.8) is 0 Å². The van der Waals surface area contributed by atoms with Gasteiger partial charge in [0.25, 0.3) is 0 Å². The van der Waals surface area contributed by atoms with Gasteiger partial charge in [-0.1, -0.05) is 0 Å². The molecule has 0 atom stereocenters. The van der Waals surface area contributed by atoms with E-state index in [-0.39, 0.29) is 0 Å². The van der Waals surface area contributed by atoms with E-state index in [1.165, 1.54) is 7.11 Å². The van der Waals surface area contributed by atoms with Gasteiger partial charge in [0.1, 0.15) is 5.82 Å². The van der Waals surface area contributed by atoms with Crippen LogP contribution in [0.4, 0.5) is 16.3 Å². The fraction of sp³-hybridized carbons (Fsp3) is 0.455. The van der Waals surface area contributed by atoms with Crippen molar-refractivity contribution < 1.29 is 14.3 Å². The molecule has 0 aromatic carbocycles. The Morgan fingerprint density at radius 2 is 2.24 bits per heavy atom. The molecule has 1 amide bonds. The van der Waals surface area contributed by atoms with Gasteiger partial charge < -0.3 is 14.4 Å². The maximum Gasteiger partial charge on any atom is 0.411 e. The highest BCUT2D eigenvalue weighted by Crippen LogP contribution is 2.15. The molecule has 0 saturated carbocycles. The zero-order valence-corrected chi connectivity index (χ0v) is 9.68. The molecule has 1 N–H and O–H groups in total. The minimum atomic E-state index is -0.495. The molecule has 17 heavy (non-hydrogen) atoms. The second kappa shape index (κ2) is 5.49. The van der Waals surface area contributed by atoms with Crippen LogP contribution in [0.25, 0.3) is 0 Å². The van der Waals surface area contributed by atoms with Crippen LogP contribution < -0.4 is 10.2 Å². The number of methoxy groups -OCH3 is 1. The van der Waals surface area contributed by atoms with E-state index in [2.05, 4.69) is 19.9 Å². The number of rotatable bonds is 2. The van der Waals surface area contributed by atoms with Gasteiger partial charge in [0.05, 0.1) is 32.2 Å². The number of pyridine rings is 1. The van der Waals surface area contributed by atoms with E-state index < -0.39 is 6.09 Å². The van der Waals surface area contributed by atoms with Crippen molar-refractivity contribution in [2.45, 2.75) is 0 Å². The van der Waals surface area contributed by atoms with Crippen LogP contribution in [0.3, 0.4) is 0 Å². The first kappa shape index (κ1) is 11.7. The van der Waals surface area contributed by atoms with Crippen LogP contribution in [0.2, 0.25) is 0 Å². The van der Waals surface area contributed by atoms with E-state index in [1.54, 1.807) is 12.3 Å². The monoisotopic (exact) mass is 237 g/mol. The molecule has 6 heteroatoms. The summed E-state index contributed by atoms with van der Waals surface area (Å²) in [5.41, 5.74) is 0.619. The van der Waals surface area contributed by atoms with Gasteiger partial charge in [-0.2, -0.15) is 0 Å². The van der Waals surface area contributed by atoms with E-state index in [9.17, 15) is 4.79 Å². The van der Waals surface area contributed by atoms with Gasteiger partial charge in [-0.25, -0.2) is 9.78 Å². The molecular formula is C11H15N3O3. The largest absolute Gasteiger partial charge is 0.453 e. The van der Waals surface area contributed by atoms with Crippen LogP contribution in [-0.2, 0) is 9.47 Å². The summed E-state index contributed by atoms with van der Waals surface area (Å²) in [6, 6.07) is 3.67. The molecule has 6 nitrogen and oxygen atoms in total. The van der Waals surface area contributed by atoms with Gasteiger partial charge in [-0.3, -0.25) is 5.32 Å². The number of amides is 1. The number of morpholine rings is 1. The van der Waals surface area contributed by atoms with Crippen molar-refractivity contribution in [3.8, 4) is 0 Å². The number of nitrogens with zero attached hydrogens (tertiary/aromatic N) is 2. The lowest BCUT2D eigenvalue weighted by atomic mass is 10.3. The zero-order chi connectivity index (χ0) is 12.1. The molecular weight excluding hydrogens is 222 g/mol. The molecule has 1 aromatic rings. The summed E-state index contributed by atoms with van der Waals surface area (Å²) >= 11 is 0. The van der Waals surface area contributed by atoms with Crippen LogP contribution in [-0.4, -0.2) is 44.5 Å². The van der Waals surface area contributed by atoms with E-state index in [1.807, 2.05) is 6.07 Å². The highest BCUT2D eigenvalue weighted by Gasteiger charge is 2.12. The lowest BCUT2D eigenvalue weighted by Crippen LogP contribution is -2.36. The van der Waals surface area contributed by atoms with Gasteiger partial charge in [0, 0.05) is 13.1 Å². The SMILES string of the molecule is COC(=O)Nc1ccc(N2CCOCC2)nc1. The quantitative estimate of drug-likeness (QED) is 0.834. The number of carbonyl (C=O) groups is 1.